The van der Waals surface area contributed by atoms with Crippen LogP contribution >= 0.6 is 11.3 Å². The number of thiazole rings is 1. The highest BCUT2D eigenvalue weighted by Crippen LogP contribution is 2.29. The van der Waals surface area contributed by atoms with Crippen LogP contribution in [0.5, 0.6) is 0 Å². The van der Waals surface area contributed by atoms with E-state index >= 15 is 0 Å². The van der Waals surface area contributed by atoms with Crippen LogP contribution in [0.25, 0.3) is 10.6 Å². The average Bonchev–Trinajstić information content (AvgIpc) is 2.94. The minimum atomic E-state index is -0.292. The SMILES string of the molecule is Cc1cccc(NC(=O)c2sc(-c3ccc(F)cc3)nc2C)c1C. The van der Waals surface area contributed by atoms with E-state index in [1.54, 1.807) is 12.1 Å². The lowest BCUT2D eigenvalue weighted by atomic mass is 10.1. The maximum atomic E-state index is 13.0. The number of hydrogen-bond donors (Lipinski definition) is 1. The zero-order chi connectivity index (χ0) is 17.3. The summed E-state index contributed by atoms with van der Waals surface area (Å²) in [7, 11) is 0. The van der Waals surface area contributed by atoms with Gasteiger partial charge in [-0.1, -0.05) is 12.1 Å². The highest BCUT2D eigenvalue weighted by Gasteiger charge is 2.17. The van der Waals surface area contributed by atoms with E-state index in [1.807, 2.05) is 39.0 Å². The van der Waals surface area contributed by atoms with Gasteiger partial charge in [-0.05, 0) is 62.2 Å². The molecule has 0 fully saturated rings. The van der Waals surface area contributed by atoms with Crippen molar-refractivity contribution < 1.29 is 9.18 Å². The molecule has 0 bridgehead atoms. The highest BCUT2D eigenvalue weighted by molar-refractivity contribution is 7.17. The molecule has 1 aromatic heterocycles. The molecule has 0 unspecified atom stereocenters. The second-order valence-corrected chi connectivity index (χ2v) is 6.64. The summed E-state index contributed by atoms with van der Waals surface area (Å²) in [5, 5.41) is 3.66. The standard InChI is InChI=1S/C19H17FN2OS/c1-11-5-4-6-16(12(11)2)22-18(23)17-13(3)21-19(24-17)14-7-9-15(20)10-8-14/h4-10H,1-3H3,(H,22,23). The molecule has 1 amide bonds. The Kier molecular flexibility index (Phi) is 4.44. The molecule has 0 radical (unpaired) electrons. The Morgan fingerprint density at radius 2 is 1.79 bits per heavy atom. The van der Waals surface area contributed by atoms with Gasteiger partial charge in [0.2, 0.25) is 0 Å². The average molecular weight is 340 g/mol. The van der Waals surface area contributed by atoms with Crippen LogP contribution in [0.15, 0.2) is 42.5 Å². The molecule has 122 valence electrons. The van der Waals surface area contributed by atoms with Gasteiger partial charge in [0.05, 0.1) is 5.69 Å². The number of nitrogens with one attached hydrogen (secondary N) is 1. The van der Waals surface area contributed by atoms with Gasteiger partial charge in [-0.15, -0.1) is 11.3 Å². The van der Waals surface area contributed by atoms with Gasteiger partial charge in [-0.2, -0.15) is 0 Å². The van der Waals surface area contributed by atoms with Gasteiger partial charge in [0, 0.05) is 11.3 Å². The van der Waals surface area contributed by atoms with E-state index in [0.717, 1.165) is 22.4 Å². The van der Waals surface area contributed by atoms with Crippen molar-refractivity contribution in [1.82, 2.24) is 4.98 Å². The molecule has 0 aliphatic rings. The van der Waals surface area contributed by atoms with Crippen molar-refractivity contribution in [2.24, 2.45) is 0 Å². The lowest BCUT2D eigenvalue weighted by Crippen LogP contribution is -2.12. The molecule has 0 saturated heterocycles. The Bertz CT molecular complexity index is 900. The zero-order valence-corrected chi connectivity index (χ0v) is 14.5. The largest absolute Gasteiger partial charge is 0.321 e. The van der Waals surface area contributed by atoms with E-state index in [4.69, 9.17) is 0 Å². The maximum absolute atomic E-state index is 13.0. The molecule has 5 heteroatoms. The molecule has 1 N–H and O–H groups in total. The van der Waals surface area contributed by atoms with Crippen molar-refractivity contribution in [1.29, 1.82) is 0 Å². The van der Waals surface area contributed by atoms with Crippen molar-refractivity contribution in [2.75, 3.05) is 5.32 Å². The van der Waals surface area contributed by atoms with E-state index in [-0.39, 0.29) is 11.7 Å². The van der Waals surface area contributed by atoms with Crippen molar-refractivity contribution in [2.45, 2.75) is 20.8 Å². The van der Waals surface area contributed by atoms with Crippen LogP contribution in [-0.4, -0.2) is 10.9 Å². The zero-order valence-electron chi connectivity index (χ0n) is 13.7. The third-order valence-electron chi connectivity index (χ3n) is 3.95. The van der Waals surface area contributed by atoms with Gasteiger partial charge in [-0.3, -0.25) is 4.79 Å². The molecule has 0 aliphatic carbocycles. The normalized spacial score (nSPS) is 10.7. The van der Waals surface area contributed by atoms with Crippen LogP contribution in [-0.2, 0) is 0 Å². The van der Waals surface area contributed by atoms with E-state index in [2.05, 4.69) is 10.3 Å². The molecule has 3 rings (SSSR count). The smallest absolute Gasteiger partial charge is 0.267 e. The van der Waals surface area contributed by atoms with Crippen LogP contribution in [0.4, 0.5) is 10.1 Å². The van der Waals surface area contributed by atoms with Gasteiger partial charge in [0.1, 0.15) is 15.7 Å². The Morgan fingerprint density at radius 1 is 1.08 bits per heavy atom. The van der Waals surface area contributed by atoms with E-state index in [9.17, 15) is 9.18 Å². The number of nitrogens with zero attached hydrogens (tertiary/aromatic N) is 1. The first-order valence-corrected chi connectivity index (χ1v) is 8.38. The minimum absolute atomic E-state index is 0.174. The Balaban J connectivity index is 1.88. The first kappa shape index (κ1) is 16.3. The lowest BCUT2D eigenvalue weighted by Gasteiger charge is -2.09. The molecule has 3 nitrogen and oxygen atoms in total. The number of amides is 1. The van der Waals surface area contributed by atoms with Crippen LogP contribution in [0.2, 0.25) is 0 Å². The number of hydrogen-bond acceptors (Lipinski definition) is 3. The fourth-order valence-electron chi connectivity index (χ4n) is 2.39. The lowest BCUT2D eigenvalue weighted by molar-refractivity contribution is 0.102. The van der Waals surface area contributed by atoms with E-state index in [1.165, 1.54) is 23.5 Å². The summed E-state index contributed by atoms with van der Waals surface area (Å²) in [6.07, 6.45) is 0. The first-order valence-electron chi connectivity index (χ1n) is 7.56. The van der Waals surface area contributed by atoms with Crippen molar-refractivity contribution in [3.8, 4) is 10.6 Å². The highest BCUT2D eigenvalue weighted by atomic mass is 32.1. The van der Waals surface area contributed by atoms with Crippen molar-refractivity contribution in [3.63, 3.8) is 0 Å². The number of carbonyl (C=O) groups is 1. The van der Waals surface area contributed by atoms with Gasteiger partial charge < -0.3 is 5.32 Å². The van der Waals surface area contributed by atoms with E-state index < -0.39 is 0 Å². The maximum Gasteiger partial charge on any atom is 0.267 e. The van der Waals surface area contributed by atoms with Gasteiger partial charge in [0.15, 0.2) is 0 Å². The van der Waals surface area contributed by atoms with Crippen LogP contribution in [0.3, 0.4) is 0 Å². The summed E-state index contributed by atoms with van der Waals surface area (Å²) in [6, 6.07) is 11.9. The molecule has 0 atom stereocenters. The topological polar surface area (TPSA) is 42.0 Å². The van der Waals surface area contributed by atoms with Crippen molar-refractivity contribution >= 4 is 22.9 Å². The predicted octanol–water partition coefficient (Wildman–Crippen LogP) is 5.13. The predicted molar refractivity (Wildman–Crippen MR) is 96.1 cm³/mol. The van der Waals surface area contributed by atoms with Crippen LogP contribution in [0, 0.1) is 26.6 Å². The number of benzene rings is 2. The minimum Gasteiger partial charge on any atom is -0.321 e. The molecular weight excluding hydrogens is 323 g/mol. The van der Waals surface area contributed by atoms with Gasteiger partial charge >= 0.3 is 0 Å². The summed E-state index contributed by atoms with van der Waals surface area (Å²) in [4.78, 5) is 17.6. The quantitative estimate of drug-likeness (QED) is 0.718. The number of aromatic nitrogens is 1. The second-order valence-electron chi connectivity index (χ2n) is 5.64. The fourth-order valence-corrected chi connectivity index (χ4v) is 3.36. The molecule has 2 aromatic carbocycles. The Hall–Kier alpha value is -2.53. The summed E-state index contributed by atoms with van der Waals surface area (Å²) < 4.78 is 13.0. The summed E-state index contributed by atoms with van der Waals surface area (Å²) in [6.45, 7) is 5.80. The van der Waals surface area contributed by atoms with Crippen LogP contribution < -0.4 is 5.32 Å². The number of anilines is 1. The molecule has 0 spiro atoms. The Labute approximate surface area is 144 Å². The molecular formula is C19H17FN2OS. The fraction of sp³-hybridized carbons (Fsp3) is 0.158. The number of carbonyl (C=O) groups excluding carboxylic acids is 1. The third kappa shape index (κ3) is 3.21. The van der Waals surface area contributed by atoms with Gasteiger partial charge in [0.25, 0.3) is 5.91 Å². The molecule has 0 saturated carbocycles. The van der Waals surface area contributed by atoms with E-state index in [0.29, 0.717) is 15.6 Å². The Morgan fingerprint density at radius 3 is 2.50 bits per heavy atom. The molecule has 0 aliphatic heterocycles. The number of aryl methyl sites for hydroxylation is 2. The van der Waals surface area contributed by atoms with Crippen molar-refractivity contribution in [3.05, 3.63) is 70.0 Å². The van der Waals surface area contributed by atoms with Crippen LogP contribution in [0.1, 0.15) is 26.5 Å². The monoisotopic (exact) mass is 340 g/mol. The van der Waals surface area contributed by atoms with Gasteiger partial charge in [-0.25, -0.2) is 9.37 Å². The summed E-state index contributed by atoms with van der Waals surface area (Å²) in [5.74, 6) is -0.466. The molecule has 1 heterocycles. The third-order valence-corrected chi connectivity index (χ3v) is 5.15. The summed E-state index contributed by atoms with van der Waals surface area (Å²) >= 11 is 1.31. The number of rotatable bonds is 3. The molecule has 24 heavy (non-hydrogen) atoms. The number of halogens is 1. The first-order chi connectivity index (χ1) is 11.5. The second kappa shape index (κ2) is 6.53. The molecule has 3 aromatic rings. The summed E-state index contributed by atoms with van der Waals surface area (Å²) in [5.41, 5.74) is 4.45.